The number of carbonyl (C=O) groups is 1. The molecule has 16 heavy (non-hydrogen) atoms. The molecule has 2 unspecified atom stereocenters. The second-order valence-electron chi connectivity index (χ2n) is 5.36. The molecule has 0 aliphatic carbocycles. The molecule has 1 heterocycles. The Balaban J connectivity index is 2.39. The Bertz CT molecular complexity index is 240. The van der Waals surface area contributed by atoms with Crippen LogP contribution in [0.4, 0.5) is 0 Å². The third kappa shape index (κ3) is 3.46. The Hall–Kier alpha value is -0.610. The van der Waals surface area contributed by atoms with Gasteiger partial charge in [0.1, 0.15) is 0 Å². The third-order valence-electron chi connectivity index (χ3n) is 3.51. The molecule has 1 aliphatic heterocycles. The predicted octanol–water partition coefficient (Wildman–Crippen LogP) is 0.522. The first kappa shape index (κ1) is 13.5. The van der Waals surface area contributed by atoms with E-state index >= 15 is 0 Å². The second-order valence-corrected chi connectivity index (χ2v) is 5.36. The highest BCUT2D eigenvalue weighted by atomic mass is 16.2. The number of hydrogen-bond donors (Lipinski definition) is 1. The Labute approximate surface area is 98.8 Å². The molecule has 1 fully saturated rings. The standard InChI is InChI=1S/C12H25N3O/c1-9(2)11(13)7-12(16)15-6-5-10(8-15)14(3)4/h9-11H,5-8,13H2,1-4H3. The highest BCUT2D eigenvalue weighted by Crippen LogP contribution is 2.15. The Morgan fingerprint density at radius 1 is 1.50 bits per heavy atom. The summed E-state index contributed by atoms with van der Waals surface area (Å²) in [6, 6.07) is 0.505. The van der Waals surface area contributed by atoms with Crippen molar-refractivity contribution >= 4 is 5.91 Å². The van der Waals surface area contributed by atoms with Gasteiger partial charge in [0.25, 0.3) is 0 Å². The minimum atomic E-state index is -0.00842. The molecule has 0 bridgehead atoms. The van der Waals surface area contributed by atoms with Gasteiger partial charge in [-0.3, -0.25) is 4.79 Å². The minimum absolute atomic E-state index is 0.00842. The molecule has 1 aliphatic rings. The fraction of sp³-hybridized carbons (Fsp3) is 0.917. The van der Waals surface area contributed by atoms with Crippen LogP contribution in [0.25, 0.3) is 0 Å². The van der Waals surface area contributed by atoms with Gasteiger partial charge in [-0.1, -0.05) is 13.8 Å². The molecule has 4 heteroatoms. The zero-order chi connectivity index (χ0) is 12.3. The number of nitrogens with two attached hydrogens (primary N) is 1. The number of nitrogens with zero attached hydrogens (tertiary/aromatic N) is 2. The van der Waals surface area contributed by atoms with Crippen LogP contribution in [-0.4, -0.2) is 55.0 Å². The Morgan fingerprint density at radius 3 is 2.56 bits per heavy atom. The second kappa shape index (κ2) is 5.64. The molecule has 4 nitrogen and oxygen atoms in total. The molecule has 0 aromatic rings. The molecule has 0 aromatic heterocycles. The predicted molar refractivity (Wildman–Crippen MR) is 66.1 cm³/mol. The van der Waals surface area contributed by atoms with Gasteiger partial charge < -0.3 is 15.5 Å². The van der Waals surface area contributed by atoms with E-state index in [0.717, 1.165) is 19.5 Å². The lowest BCUT2D eigenvalue weighted by Crippen LogP contribution is -2.38. The fourth-order valence-electron chi connectivity index (χ4n) is 1.96. The quantitative estimate of drug-likeness (QED) is 0.762. The van der Waals surface area contributed by atoms with Crippen LogP contribution < -0.4 is 5.73 Å². The van der Waals surface area contributed by atoms with E-state index < -0.39 is 0 Å². The average Bonchev–Trinajstić information content (AvgIpc) is 2.65. The molecule has 94 valence electrons. The van der Waals surface area contributed by atoms with Crippen molar-refractivity contribution in [2.75, 3.05) is 27.2 Å². The molecule has 0 saturated carbocycles. The number of hydrogen-bond acceptors (Lipinski definition) is 3. The first-order valence-corrected chi connectivity index (χ1v) is 6.11. The van der Waals surface area contributed by atoms with E-state index in [0.29, 0.717) is 18.4 Å². The summed E-state index contributed by atoms with van der Waals surface area (Å²) in [4.78, 5) is 16.1. The van der Waals surface area contributed by atoms with Crippen molar-refractivity contribution in [3.8, 4) is 0 Å². The van der Waals surface area contributed by atoms with Crippen LogP contribution in [-0.2, 0) is 4.79 Å². The molecular weight excluding hydrogens is 202 g/mol. The molecule has 2 atom stereocenters. The smallest absolute Gasteiger partial charge is 0.224 e. The van der Waals surface area contributed by atoms with Gasteiger partial charge in [-0.2, -0.15) is 0 Å². The van der Waals surface area contributed by atoms with Gasteiger partial charge in [-0.15, -0.1) is 0 Å². The van der Waals surface area contributed by atoms with Crippen molar-refractivity contribution in [2.24, 2.45) is 11.7 Å². The van der Waals surface area contributed by atoms with Crippen molar-refractivity contribution < 1.29 is 4.79 Å². The molecule has 1 rings (SSSR count). The Morgan fingerprint density at radius 2 is 2.12 bits per heavy atom. The highest BCUT2D eigenvalue weighted by Gasteiger charge is 2.28. The van der Waals surface area contributed by atoms with Gasteiger partial charge in [0, 0.05) is 31.6 Å². The number of carbonyl (C=O) groups excluding carboxylic acids is 1. The lowest BCUT2D eigenvalue weighted by atomic mass is 10.0. The van der Waals surface area contributed by atoms with E-state index in [2.05, 4.69) is 32.8 Å². The van der Waals surface area contributed by atoms with Crippen LogP contribution in [0, 0.1) is 5.92 Å². The van der Waals surface area contributed by atoms with E-state index in [1.807, 2.05) is 4.90 Å². The SMILES string of the molecule is CC(C)C(N)CC(=O)N1CCC(N(C)C)C1. The number of rotatable bonds is 4. The molecular formula is C12H25N3O. The van der Waals surface area contributed by atoms with Crippen LogP contribution in [0.3, 0.4) is 0 Å². The highest BCUT2D eigenvalue weighted by molar-refractivity contribution is 5.77. The van der Waals surface area contributed by atoms with Gasteiger partial charge >= 0.3 is 0 Å². The summed E-state index contributed by atoms with van der Waals surface area (Å²) in [6.45, 7) is 5.86. The molecule has 0 spiro atoms. The molecule has 1 amide bonds. The van der Waals surface area contributed by atoms with Crippen LogP contribution in [0.15, 0.2) is 0 Å². The summed E-state index contributed by atoms with van der Waals surface area (Å²) in [6.07, 6.45) is 1.56. The summed E-state index contributed by atoms with van der Waals surface area (Å²) in [5, 5.41) is 0. The maximum atomic E-state index is 12.0. The molecule has 0 radical (unpaired) electrons. The molecule has 1 saturated heterocycles. The summed E-state index contributed by atoms with van der Waals surface area (Å²) < 4.78 is 0. The topological polar surface area (TPSA) is 49.6 Å². The lowest BCUT2D eigenvalue weighted by molar-refractivity contribution is -0.130. The van der Waals surface area contributed by atoms with Crippen LogP contribution in [0.2, 0.25) is 0 Å². The van der Waals surface area contributed by atoms with E-state index in [-0.39, 0.29) is 11.9 Å². The maximum absolute atomic E-state index is 12.0. The monoisotopic (exact) mass is 227 g/mol. The molecule has 0 aromatic carbocycles. The van der Waals surface area contributed by atoms with Crippen molar-refractivity contribution in [2.45, 2.75) is 38.8 Å². The summed E-state index contributed by atoms with van der Waals surface area (Å²) >= 11 is 0. The summed E-state index contributed by atoms with van der Waals surface area (Å²) in [5.74, 6) is 0.585. The van der Waals surface area contributed by atoms with Gasteiger partial charge in [0.05, 0.1) is 0 Å². The first-order valence-electron chi connectivity index (χ1n) is 6.11. The van der Waals surface area contributed by atoms with Crippen molar-refractivity contribution in [3.05, 3.63) is 0 Å². The van der Waals surface area contributed by atoms with E-state index in [1.54, 1.807) is 0 Å². The zero-order valence-corrected chi connectivity index (χ0v) is 10.9. The number of likely N-dealkylation sites (N-methyl/N-ethyl adjacent to an activating group) is 1. The van der Waals surface area contributed by atoms with Crippen molar-refractivity contribution in [3.63, 3.8) is 0 Å². The third-order valence-corrected chi connectivity index (χ3v) is 3.51. The zero-order valence-electron chi connectivity index (χ0n) is 10.9. The Kier molecular flexibility index (Phi) is 4.74. The number of amides is 1. The van der Waals surface area contributed by atoms with E-state index in [1.165, 1.54) is 0 Å². The first-order chi connectivity index (χ1) is 7.41. The van der Waals surface area contributed by atoms with Crippen molar-refractivity contribution in [1.82, 2.24) is 9.80 Å². The van der Waals surface area contributed by atoms with Crippen molar-refractivity contribution in [1.29, 1.82) is 0 Å². The van der Waals surface area contributed by atoms with Crippen LogP contribution >= 0.6 is 0 Å². The lowest BCUT2D eigenvalue weighted by Gasteiger charge is -2.22. The average molecular weight is 227 g/mol. The van der Waals surface area contributed by atoms with Gasteiger partial charge in [0.2, 0.25) is 5.91 Å². The van der Waals surface area contributed by atoms with E-state index in [9.17, 15) is 4.79 Å². The fourth-order valence-corrected chi connectivity index (χ4v) is 1.96. The summed E-state index contributed by atoms with van der Waals surface area (Å²) in [7, 11) is 4.14. The number of likely N-dealkylation sites (tertiary alicyclic amines) is 1. The van der Waals surface area contributed by atoms with Crippen LogP contribution in [0.5, 0.6) is 0 Å². The normalized spacial score (nSPS) is 23.2. The van der Waals surface area contributed by atoms with Gasteiger partial charge in [-0.05, 0) is 26.4 Å². The van der Waals surface area contributed by atoms with Crippen LogP contribution in [0.1, 0.15) is 26.7 Å². The largest absolute Gasteiger partial charge is 0.341 e. The van der Waals surface area contributed by atoms with Gasteiger partial charge in [-0.25, -0.2) is 0 Å². The van der Waals surface area contributed by atoms with Gasteiger partial charge in [0.15, 0.2) is 0 Å². The van der Waals surface area contributed by atoms with E-state index in [4.69, 9.17) is 5.73 Å². The summed E-state index contributed by atoms with van der Waals surface area (Å²) in [5.41, 5.74) is 5.92. The maximum Gasteiger partial charge on any atom is 0.224 e. The molecule has 2 N–H and O–H groups in total. The minimum Gasteiger partial charge on any atom is -0.341 e.